The third-order valence-electron chi connectivity index (χ3n) is 1.25. The number of nitrogens with two attached hydrogens (primary N) is 1. The highest BCUT2D eigenvalue weighted by Crippen LogP contribution is 2.07. The minimum atomic E-state index is -0.265. The van der Waals surface area contributed by atoms with Gasteiger partial charge < -0.3 is 15.6 Å². The number of thioether (sulfide) groups is 1. The van der Waals surface area contributed by atoms with Crippen molar-refractivity contribution in [1.82, 2.24) is 5.16 Å². The van der Waals surface area contributed by atoms with Crippen molar-refractivity contribution < 1.29 is 9.32 Å². The first-order valence-corrected chi connectivity index (χ1v) is 4.76. The zero-order valence-corrected chi connectivity index (χ0v) is 8.35. The van der Waals surface area contributed by atoms with Crippen molar-refractivity contribution in [3.8, 4) is 0 Å². The highest BCUT2D eigenvalue weighted by Gasteiger charge is 2.06. The van der Waals surface area contributed by atoms with Crippen LogP contribution in [0.3, 0.4) is 0 Å². The number of nitrogens with zero attached hydrogens (tertiary/aromatic N) is 1. The van der Waals surface area contributed by atoms with Gasteiger partial charge in [0.1, 0.15) is 5.76 Å². The van der Waals surface area contributed by atoms with Crippen molar-refractivity contribution in [1.29, 1.82) is 5.41 Å². The number of aromatic nitrogens is 1. The predicted molar refractivity (Wildman–Crippen MR) is 54.2 cm³/mol. The lowest BCUT2D eigenvalue weighted by Crippen LogP contribution is -2.17. The lowest BCUT2D eigenvalue weighted by molar-refractivity contribution is -0.113. The molecule has 7 heteroatoms. The number of nitrogens with one attached hydrogen (secondary N) is 2. The van der Waals surface area contributed by atoms with E-state index in [1.807, 2.05) is 0 Å². The molecule has 0 aliphatic heterocycles. The average Bonchev–Trinajstić information content (AvgIpc) is 2.48. The summed E-state index contributed by atoms with van der Waals surface area (Å²) >= 11 is 0.956. The molecule has 1 amide bonds. The van der Waals surface area contributed by atoms with Crippen LogP contribution >= 0.6 is 11.8 Å². The van der Waals surface area contributed by atoms with Gasteiger partial charge in [-0.25, -0.2) is 0 Å². The molecular formula is C7H10N4O2S. The van der Waals surface area contributed by atoms with Crippen LogP contribution in [0.4, 0.5) is 5.82 Å². The molecule has 0 unspecified atom stereocenters. The van der Waals surface area contributed by atoms with Crippen LogP contribution in [0, 0.1) is 12.3 Å². The van der Waals surface area contributed by atoms with E-state index in [1.165, 1.54) is 0 Å². The van der Waals surface area contributed by atoms with Gasteiger partial charge in [0.05, 0.1) is 5.75 Å². The number of hydrogen-bond donors (Lipinski definition) is 3. The van der Waals surface area contributed by atoms with Crippen LogP contribution < -0.4 is 11.1 Å². The topological polar surface area (TPSA) is 105 Å². The lowest BCUT2D eigenvalue weighted by Gasteiger charge is -1.98. The van der Waals surface area contributed by atoms with Crippen LogP contribution in [0.5, 0.6) is 0 Å². The molecule has 4 N–H and O–H groups in total. The third-order valence-corrected chi connectivity index (χ3v) is 1.97. The summed E-state index contributed by atoms with van der Waals surface area (Å²) < 4.78 is 4.75. The fourth-order valence-electron chi connectivity index (χ4n) is 0.748. The molecule has 0 aromatic carbocycles. The van der Waals surface area contributed by atoms with E-state index in [0.717, 1.165) is 11.8 Å². The number of carbonyl (C=O) groups excluding carboxylic acids is 1. The summed E-state index contributed by atoms with van der Waals surface area (Å²) in [5, 5.41) is 12.9. The molecule has 0 atom stereocenters. The van der Waals surface area contributed by atoms with Crippen LogP contribution in [-0.4, -0.2) is 22.0 Å². The van der Waals surface area contributed by atoms with Crippen LogP contribution in [0.1, 0.15) is 5.76 Å². The van der Waals surface area contributed by atoms with Crippen molar-refractivity contribution in [3.05, 3.63) is 11.8 Å². The Hall–Kier alpha value is -1.50. The smallest absolute Gasteiger partial charge is 0.236 e. The first-order valence-electron chi connectivity index (χ1n) is 3.78. The zero-order chi connectivity index (χ0) is 10.6. The number of amidine groups is 1. The lowest BCUT2D eigenvalue weighted by atomic mass is 10.5. The fraction of sp³-hybridized carbons (Fsp3) is 0.286. The Morgan fingerprint density at radius 1 is 1.86 bits per heavy atom. The van der Waals surface area contributed by atoms with Crippen LogP contribution in [0.15, 0.2) is 10.6 Å². The third kappa shape index (κ3) is 3.48. The fourth-order valence-corrected chi connectivity index (χ4v) is 1.11. The molecule has 1 aromatic rings. The molecule has 0 saturated heterocycles. The summed E-state index contributed by atoms with van der Waals surface area (Å²) in [5.41, 5.74) is 5.07. The maximum atomic E-state index is 11.2. The van der Waals surface area contributed by atoms with Gasteiger partial charge in [-0.1, -0.05) is 16.9 Å². The molecule has 0 fully saturated rings. The molecule has 0 radical (unpaired) electrons. The number of rotatable bonds is 3. The Labute approximate surface area is 84.7 Å². The summed E-state index contributed by atoms with van der Waals surface area (Å²) in [6.45, 7) is 1.73. The van der Waals surface area contributed by atoms with Crippen molar-refractivity contribution in [2.24, 2.45) is 5.73 Å². The molecule has 76 valence electrons. The minimum absolute atomic E-state index is 0.0866. The number of aryl methyl sites for hydroxylation is 1. The second-order valence-electron chi connectivity index (χ2n) is 2.52. The Morgan fingerprint density at radius 2 is 2.57 bits per heavy atom. The molecule has 0 spiro atoms. The molecule has 1 rings (SSSR count). The number of carbonyl (C=O) groups is 1. The molecule has 1 heterocycles. The monoisotopic (exact) mass is 214 g/mol. The summed E-state index contributed by atoms with van der Waals surface area (Å²) in [5.74, 6) is 0.830. The summed E-state index contributed by atoms with van der Waals surface area (Å²) in [6, 6.07) is 1.61. The Bertz CT molecular complexity index is 349. The molecule has 0 aliphatic carbocycles. The van der Waals surface area contributed by atoms with Crippen molar-refractivity contribution >= 4 is 28.7 Å². The quantitative estimate of drug-likeness (QED) is 0.503. The van der Waals surface area contributed by atoms with Gasteiger partial charge in [-0.15, -0.1) is 0 Å². The molecule has 0 saturated carbocycles. The van der Waals surface area contributed by atoms with E-state index in [-0.39, 0.29) is 16.8 Å². The van der Waals surface area contributed by atoms with Crippen molar-refractivity contribution in [2.75, 3.05) is 11.1 Å². The molecule has 0 bridgehead atoms. The van der Waals surface area contributed by atoms with E-state index in [4.69, 9.17) is 15.7 Å². The molecule has 6 nitrogen and oxygen atoms in total. The van der Waals surface area contributed by atoms with Gasteiger partial charge in [0.2, 0.25) is 5.91 Å². The van der Waals surface area contributed by atoms with E-state index in [2.05, 4.69) is 10.5 Å². The highest BCUT2D eigenvalue weighted by atomic mass is 32.2. The van der Waals surface area contributed by atoms with E-state index in [0.29, 0.717) is 11.6 Å². The summed E-state index contributed by atoms with van der Waals surface area (Å²) in [4.78, 5) is 11.2. The van der Waals surface area contributed by atoms with Crippen LogP contribution in [0.2, 0.25) is 0 Å². The van der Waals surface area contributed by atoms with Gasteiger partial charge in [0, 0.05) is 6.07 Å². The van der Waals surface area contributed by atoms with E-state index < -0.39 is 0 Å². The molecular weight excluding hydrogens is 204 g/mol. The summed E-state index contributed by atoms with van der Waals surface area (Å²) in [7, 11) is 0. The molecule has 14 heavy (non-hydrogen) atoms. The first-order chi connectivity index (χ1) is 6.58. The van der Waals surface area contributed by atoms with Crippen LogP contribution in [-0.2, 0) is 4.79 Å². The average molecular weight is 214 g/mol. The van der Waals surface area contributed by atoms with Gasteiger partial charge in [0.15, 0.2) is 11.0 Å². The highest BCUT2D eigenvalue weighted by molar-refractivity contribution is 8.14. The Balaban J connectivity index is 2.37. The SMILES string of the molecule is Cc1cc(NC(=O)CSC(=N)N)no1. The maximum Gasteiger partial charge on any atom is 0.236 e. The van der Waals surface area contributed by atoms with Crippen molar-refractivity contribution in [2.45, 2.75) is 6.92 Å². The standard InChI is InChI=1S/C7H10N4O2S/c1-4-2-5(11-13-4)10-6(12)3-14-7(8)9/h2H,3H2,1H3,(H3,8,9)(H,10,11,12). The second-order valence-corrected chi connectivity index (χ2v) is 3.54. The number of anilines is 1. The maximum absolute atomic E-state index is 11.2. The number of hydrogen-bond acceptors (Lipinski definition) is 5. The second kappa shape index (κ2) is 4.66. The minimum Gasteiger partial charge on any atom is -0.379 e. The Kier molecular flexibility index (Phi) is 3.52. The normalized spacial score (nSPS) is 9.79. The predicted octanol–water partition coefficient (Wildman–Crippen LogP) is 0.548. The molecule has 0 aliphatic rings. The van der Waals surface area contributed by atoms with Crippen molar-refractivity contribution in [3.63, 3.8) is 0 Å². The van der Waals surface area contributed by atoms with Gasteiger partial charge in [-0.05, 0) is 6.92 Å². The summed E-state index contributed by atoms with van der Waals surface area (Å²) in [6.07, 6.45) is 0. The van der Waals surface area contributed by atoms with Gasteiger partial charge in [-0.3, -0.25) is 10.2 Å². The Morgan fingerprint density at radius 3 is 3.07 bits per heavy atom. The zero-order valence-electron chi connectivity index (χ0n) is 7.53. The van der Waals surface area contributed by atoms with E-state index in [1.54, 1.807) is 13.0 Å². The van der Waals surface area contributed by atoms with Gasteiger partial charge >= 0.3 is 0 Å². The number of amides is 1. The first kappa shape index (κ1) is 10.6. The van der Waals surface area contributed by atoms with Gasteiger partial charge in [0.25, 0.3) is 0 Å². The van der Waals surface area contributed by atoms with E-state index in [9.17, 15) is 4.79 Å². The molecule has 1 aromatic heterocycles. The van der Waals surface area contributed by atoms with Crippen LogP contribution in [0.25, 0.3) is 0 Å². The van der Waals surface area contributed by atoms with Gasteiger partial charge in [-0.2, -0.15) is 0 Å². The largest absolute Gasteiger partial charge is 0.379 e. The van der Waals surface area contributed by atoms with E-state index >= 15 is 0 Å².